The largest absolute Gasteiger partial charge is 0.437 e. The van der Waals surface area contributed by atoms with Crippen molar-refractivity contribution in [2.24, 2.45) is 5.92 Å². The third-order valence-corrected chi connectivity index (χ3v) is 8.66. The number of hydrogen-bond donors (Lipinski definition) is 3. The fraction of sp³-hybridized carbons (Fsp3) is 0.345. The van der Waals surface area contributed by atoms with E-state index in [4.69, 9.17) is 9.72 Å². The third kappa shape index (κ3) is 5.85. The van der Waals surface area contributed by atoms with E-state index < -0.39 is 15.8 Å². The molecule has 40 heavy (non-hydrogen) atoms. The topological polar surface area (TPSA) is 118 Å². The molecule has 0 amide bonds. The monoisotopic (exact) mass is 562 g/mol. The first kappa shape index (κ1) is 26.4. The van der Waals surface area contributed by atoms with E-state index in [0.29, 0.717) is 39.6 Å². The highest BCUT2D eigenvalue weighted by Crippen LogP contribution is 2.40. The Hall–Kier alpha value is -3.83. The Bertz CT molecular complexity index is 1660. The van der Waals surface area contributed by atoms with Crippen molar-refractivity contribution >= 4 is 32.4 Å². The summed E-state index contributed by atoms with van der Waals surface area (Å²) in [7, 11) is -3.69. The first-order chi connectivity index (χ1) is 19.4. The summed E-state index contributed by atoms with van der Waals surface area (Å²) < 4.78 is 49.2. The Kier molecular flexibility index (Phi) is 7.24. The van der Waals surface area contributed by atoms with Crippen LogP contribution in [0.25, 0.3) is 22.0 Å². The molecule has 3 N–H and O–H groups in total. The molecule has 0 radical (unpaired) electrons. The lowest BCUT2D eigenvalue weighted by molar-refractivity contribution is 0.466. The van der Waals surface area contributed by atoms with Crippen LogP contribution in [0.2, 0.25) is 0 Å². The summed E-state index contributed by atoms with van der Waals surface area (Å²) in [5, 5.41) is 7.76. The van der Waals surface area contributed by atoms with E-state index in [0.717, 1.165) is 44.3 Å². The number of rotatable bonds is 9. The van der Waals surface area contributed by atoms with Gasteiger partial charge in [0.1, 0.15) is 11.6 Å². The number of pyridine rings is 1. The van der Waals surface area contributed by atoms with Crippen molar-refractivity contribution in [1.29, 1.82) is 0 Å². The number of aryl methyl sites for hydroxylation is 1. The van der Waals surface area contributed by atoms with Crippen LogP contribution in [0.1, 0.15) is 31.2 Å². The van der Waals surface area contributed by atoms with Gasteiger partial charge in [-0.3, -0.25) is 4.72 Å². The number of sulfonamides is 1. The second kappa shape index (κ2) is 11.0. The summed E-state index contributed by atoms with van der Waals surface area (Å²) in [6.45, 7) is 3.75. The van der Waals surface area contributed by atoms with E-state index in [1.54, 1.807) is 42.7 Å². The minimum Gasteiger partial charge on any atom is -0.437 e. The number of aromatic nitrogens is 3. The maximum Gasteiger partial charge on any atom is 0.233 e. The Balaban J connectivity index is 1.34. The average Bonchev–Trinajstić information content (AvgIpc) is 3.76. The van der Waals surface area contributed by atoms with Gasteiger partial charge in [0.25, 0.3) is 0 Å². The standard InChI is InChI=1S/C29H31FN6O3S/c1-18-6-9-21-22(10-11-24(30)26(21)36-40(37,38)17-19-7-8-19)27(18)39-28-23(5-3-14-32-28)25-12-15-33-29(35-25)34-20-4-2-13-31-16-20/h3,5-6,9-12,14-15,19-20,31,36H,2,4,7-8,13,16-17H2,1H3,(H,33,34,35). The Morgan fingerprint density at radius 3 is 2.70 bits per heavy atom. The number of piperidine rings is 1. The van der Waals surface area contributed by atoms with Crippen LogP contribution in [0, 0.1) is 18.7 Å². The van der Waals surface area contributed by atoms with Crippen LogP contribution in [-0.4, -0.2) is 48.3 Å². The second-order valence-electron chi connectivity index (χ2n) is 10.5. The Labute approximate surface area is 232 Å². The SMILES string of the molecule is Cc1ccc2c(NS(=O)(=O)CC3CC3)c(F)ccc2c1Oc1ncccc1-c1ccnc(NC2CCCNC2)n1. The summed E-state index contributed by atoms with van der Waals surface area (Å²) in [5.74, 6) is 0.789. The summed E-state index contributed by atoms with van der Waals surface area (Å²) in [6.07, 6.45) is 7.22. The molecular weight excluding hydrogens is 531 g/mol. The highest BCUT2D eigenvalue weighted by molar-refractivity contribution is 7.92. The van der Waals surface area contributed by atoms with Crippen molar-refractivity contribution in [2.45, 2.75) is 38.6 Å². The van der Waals surface area contributed by atoms with Crippen LogP contribution < -0.4 is 20.1 Å². The fourth-order valence-electron chi connectivity index (χ4n) is 4.99. The zero-order valence-corrected chi connectivity index (χ0v) is 23.0. The number of nitrogens with zero attached hydrogens (tertiary/aromatic N) is 3. The van der Waals surface area contributed by atoms with Gasteiger partial charge in [-0.05, 0) is 81.0 Å². The molecule has 2 aliphatic rings. The molecule has 1 aliphatic carbocycles. The molecule has 1 aliphatic heterocycles. The summed E-state index contributed by atoms with van der Waals surface area (Å²) in [6, 6.07) is 12.1. The molecule has 1 saturated heterocycles. The lowest BCUT2D eigenvalue weighted by atomic mass is 10.0. The molecule has 0 spiro atoms. The van der Waals surface area contributed by atoms with Crippen molar-refractivity contribution in [2.75, 3.05) is 28.9 Å². The molecule has 1 atom stereocenters. The van der Waals surface area contributed by atoms with Crippen LogP contribution in [0.15, 0.2) is 54.9 Å². The first-order valence-corrected chi connectivity index (χ1v) is 15.2. The quantitative estimate of drug-likeness (QED) is 0.253. The smallest absolute Gasteiger partial charge is 0.233 e. The molecule has 1 saturated carbocycles. The predicted molar refractivity (Wildman–Crippen MR) is 154 cm³/mol. The molecule has 1 unspecified atom stereocenters. The van der Waals surface area contributed by atoms with Crippen LogP contribution in [0.5, 0.6) is 11.6 Å². The highest BCUT2D eigenvalue weighted by Gasteiger charge is 2.29. The highest BCUT2D eigenvalue weighted by atomic mass is 32.2. The molecule has 0 bridgehead atoms. The van der Waals surface area contributed by atoms with Crippen LogP contribution >= 0.6 is 0 Å². The summed E-state index contributed by atoms with van der Waals surface area (Å²) in [4.78, 5) is 13.6. The van der Waals surface area contributed by atoms with E-state index in [9.17, 15) is 12.8 Å². The molecule has 2 fully saturated rings. The molecule has 9 nitrogen and oxygen atoms in total. The molecule has 208 valence electrons. The van der Waals surface area contributed by atoms with Crippen LogP contribution in [-0.2, 0) is 10.0 Å². The zero-order valence-electron chi connectivity index (χ0n) is 22.2. The van der Waals surface area contributed by atoms with E-state index in [-0.39, 0.29) is 23.4 Å². The predicted octanol–water partition coefficient (Wildman–Crippen LogP) is 5.25. The van der Waals surface area contributed by atoms with E-state index in [1.807, 2.05) is 13.0 Å². The summed E-state index contributed by atoms with van der Waals surface area (Å²) >= 11 is 0. The second-order valence-corrected chi connectivity index (χ2v) is 12.2. The zero-order chi connectivity index (χ0) is 27.7. The number of anilines is 2. The number of ether oxygens (including phenoxy) is 1. The van der Waals surface area contributed by atoms with Gasteiger partial charge in [-0.2, -0.15) is 0 Å². The van der Waals surface area contributed by atoms with Gasteiger partial charge in [0, 0.05) is 35.8 Å². The fourth-order valence-corrected chi connectivity index (χ4v) is 6.55. The van der Waals surface area contributed by atoms with Gasteiger partial charge in [0.15, 0.2) is 0 Å². The van der Waals surface area contributed by atoms with Gasteiger partial charge in [-0.25, -0.2) is 27.8 Å². The van der Waals surface area contributed by atoms with Crippen molar-refractivity contribution in [3.63, 3.8) is 0 Å². The Morgan fingerprint density at radius 1 is 1.05 bits per heavy atom. The van der Waals surface area contributed by atoms with Crippen LogP contribution in [0.4, 0.5) is 16.0 Å². The van der Waals surface area contributed by atoms with Crippen molar-refractivity contribution < 1.29 is 17.5 Å². The maximum absolute atomic E-state index is 14.9. The molecule has 3 heterocycles. The first-order valence-electron chi connectivity index (χ1n) is 13.5. The lowest BCUT2D eigenvalue weighted by Crippen LogP contribution is -2.38. The van der Waals surface area contributed by atoms with Crippen molar-refractivity contribution in [1.82, 2.24) is 20.3 Å². The minimum atomic E-state index is -3.69. The van der Waals surface area contributed by atoms with Gasteiger partial charge in [-0.1, -0.05) is 12.1 Å². The number of fused-ring (bicyclic) bond motifs is 1. The number of benzene rings is 2. The summed E-state index contributed by atoms with van der Waals surface area (Å²) in [5.41, 5.74) is 2.02. The minimum absolute atomic E-state index is 0.0115. The van der Waals surface area contributed by atoms with Gasteiger partial charge in [0.05, 0.1) is 22.7 Å². The average molecular weight is 563 g/mol. The number of nitrogens with one attached hydrogen (secondary N) is 3. The number of hydrogen-bond acceptors (Lipinski definition) is 8. The molecule has 2 aromatic carbocycles. The van der Waals surface area contributed by atoms with Gasteiger partial charge in [-0.15, -0.1) is 0 Å². The van der Waals surface area contributed by atoms with E-state index in [2.05, 4.69) is 25.3 Å². The van der Waals surface area contributed by atoms with E-state index >= 15 is 0 Å². The van der Waals surface area contributed by atoms with Crippen molar-refractivity contribution in [3.05, 3.63) is 66.2 Å². The van der Waals surface area contributed by atoms with Gasteiger partial charge >= 0.3 is 0 Å². The molecule has 6 rings (SSSR count). The molecule has 11 heteroatoms. The molecular formula is C29H31FN6O3S. The van der Waals surface area contributed by atoms with E-state index in [1.165, 1.54) is 6.07 Å². The van der Waals surface area contributed by atoms with Gasteiger partial charge in [0.2, 0.25) is 21.9 Å². The van der Waals surface area contributed by atoms with Crippen LogP contribution in [0.3, 0.4) is 0 Å². The molecule has 4 aromatic rings. The lowest BCUT2D eigenvalue weighted by Gasteiger charge is -2.23. The maximum atomic E-state index is 14.9. The van der Waals surface area contributed by atoms with Crippen molar-refractivity contribution in [3.8, 4) is 22.9 Å². The third-order valence-electron chi connectivity index (χ3n) is 7.24. The van der Waals surface area contributed by atoms with Gasteiger partial charge < -0.3 is 15.4 Å². The molecule has 2 aromatic heterocycles. The normalized spacial score (nSPS) is 17.5. The Morgan fingerprint density at radius 2 is 1.90 bits per heavy atom. The number of halogens is 1.